The van der Waals surface area contributed by atoms with E-state index < -0.39 is 12.8 Å². The second-order valence-corrected chi connectivity index (χ2v) is 5.51. The zero-order valence-electron chi connectivity index (χ0n) is 13.5. The zero-order valence-corrected chi connectivity index (χ0v) is 16.7. The minimum Gasteiger partial charge on any atom is -0.468 e. The molecule has 0 aliphatic carbocycles. The first-order valence-corrected chi connectivity index (χ1v) is 8.49. The van der Waals surface area contributed by atoms with Crippen molar-refractivity contribution in [2.75, 3.05) is 31.7 Å². The minimum atomic E-state index is -4.37. The third-order valence-electron chi connectivity index (χ3n) is 2.54. The SMILES string of the molecule is CCNC(=NCc1ccc(OCC(F)(F)F)nc1)NCCSC.I. The first-order chi connectivity index (χ1) is 10.9. The Morgan fingerprint density at radius 1 is 1.33 bits per heavy atom. The third kappa shape index (κ3) is 10.8. The Labute approximate surface area is 161 Å². The molecule has 0 spiro atoms. The molecule has 138 valence electrons. The quantitative estimate of drug-likeness (QED) is 0.261. The fourth-order valence-electron chi connectivity index (χ4n) is 1.53. The highest BCUT2D eigenvalue weighted by molar-refractivity contribution is 14.0. The minimum absolute atomic E-state index is 0. The van der Waals surface area contributed by atoms with Crippen LogP contribution in [0.4, 0.5) is 13.2 Å². The lowest BCUT2D eigenvalue weighted by Crippen LogP contribution is -2.38. The Morgan fingerprint density at radius 3 is 2.62 bits per heavy atom. The molecule has 1 aromatic rings. The number of aliphatic imine (C=N–C) groups is 1. The molecule has 1 rings (SSSR count). The first-order valence-electron chi connectivity index (χ1n) is 7.10. The number of hydrogen-bond acceptors (Lipinski definition) is 4. The van der Waals surface area contributed by atoms with E-state index in [4.69, 9.17) is 0 Å². The van der Waals surface area contributed by atoms with Gasteiger partial charge in [-0.05, 0) is 18.7 Å². The van der Waals surface area contributed by atoms with Crippen molar-refractivity contribution in [2.45, 2.75) is 19.6 Å². The van der Waals surface area contributed by atoms with Crippen LogP contribution in [0.15, 0.2) is 23.3 Å². The van der Waals surface area contributed by atoms with Crippen LogP contribution >= 0.6 is 35.7 Å². The molecule has 5 nitrogen and oxygen atoms in total. The van der Waals surface area contributed by atoms with E-state index in [1.807, 2.05) is 13.2 Å². The van der Waals surface area contributed by atoms with Gasteiger partial charge in [0.2, 0.25) is 5.88 Å². The molecule has 0 bridgehead atoms. The van der Waals surface area contributed by atoms with E-state index >= 15 is 0 Å². The molecule has 10 heteroatoms. The monoisotopic (exact) mass is 478 g/mol. The highest BCUT2D eigenvalue weighted by atomic mass is 127. The predicted octanol–water partition coefficient (Wildman–Crippen LogP) is 3.06. The average Bonchev–Trinajstić information content (AvgIpc) is 2.51. The van der Waals surface area contributed by atoms with E-state index in [0.717, 1.165) is 24.4 Å². The number of guanidine groups is 1. The number of hydrogen-bond donors (Lipinski definition) is 2. The fraction of sp³-hybridized carbons (Fsp3) is 0.571. The largest absolute Gasteiger partial charge is 0.468 e. The van der Waals surface area contributed by atoms with Crippen LogP contribution in [0.2, 0.25) is 0 Å². The molecule has 0 saturated carbocycles. The second kappa shape index (κ2) is 12.5. The Hall–Kier alpha value is -0.910. The van der Waals surface area contributed by atoms with Gasteiger partial charge in [0.15, 0.2) is 12.6 Å². The van der Waals surface area contributed by atoms with Gasteiger partial charge in [0, 0.05) is 31.1 Å². The number of pyridine rings is 1. The Kier molecular flexibility index (Phi) is 12.0. The van der Waals surface area contributed by atoms with Crippen LogP contribution in [-0.2, 0) is 6.54 Å². The van der Waals surface area contributed by atoms with Crippen molar-refractivity contribution in [1.29, 1.82) is 0 Å². The van der Waals surface area contributed by atoms with E-state index in [1.165, 1.54) is 12.3 Å². The van der Waals surface area contributed by atoms with Crippen LogP contribution < -0.4 is 15.4 Å². The maximum Gasteiger partial charge on any atom is 0.422 e. The first kappa shape index (κ1) is 23.1. The summed E-state index contributed by atoms with van der Waals surface area (Å²) in [4.78, 5) is 8.24. The number of alkyl halides is 3. The lowest BCUT2D eigenvalue weighted by atomic mass is 10.3. The van der Waals surface area contributed by atoms with Gasteiger partial charge in [-0.15, -0.1) is 24.0 Å². The summed E-state index contributed by atoms with van der Waals surface area (Å²) in [5, 5.41) is 6.31. The van der Waals surface area contributed by atoms with Gasteiger partial charge >= 0.3 is 6.18 Å². The van der Waals surface area contributed by atoms with Crippen LogP contribution in [0, 0.1) is 0 Å². The Bertz CT molecular complexity index is 486. The maximum atomic E-state index is 12.0. The molecule has 1 heterocycles. The number of nitrogens with one attached hydrogen (secondary N) is 2. The lowest BCUT2D eigenvalue weighted by molar-refractivity contribution is -0.154. The summed E-state index contributed by atoms with van der Waals surface area (Å²) in [5.41, 5.74) is 0.784. The number of aromatic nitrogens is 1. The molecule has 0 unspecified atom stereocenters. The third-order valence-corrected chi connectivity index (χ3v) is 3.16. The van der Waals surface area contributed by atoms with Gasteiger partial charge < -0.3 is 15.4 Å². The molecule has 0 saturated heterocycles. The average molecular weight is 478 g/mol. The van der Waals surface area contributed by atoms with Crippen molar-refractivity contribution in [3.63, 3.8) is 0 Å². The van der Waals surface area contributed by atoms with Crippen molar-refractivity contribution < 1.29 is 17.9 Å². The normalized spacial score (nSPS) is 11.6. The van der Waals surface area contributed by atoms with Gasteiger partial charge in [-0.2, -0.15) is 24.9 Å². The van der Waals surface area contributed by atoms with Crippen LogP contribution in [0.1, 0.15) is 12.5 Å². The van der Waals surface area contributed by atoms with E-state index in [-0.39, 0.29) is 29.9 Å². The molecule has 0 amide bonds. The van der Waals surface area contributed by atoms with Crippen LogP contribution in [-0.4, -0.2) is 48.8 Å². The summed E-state index contributed by atoms with van der Waals surface area (Å²) >= 11 is 1.73. The zero-order chi connectivity index (χ0) is 17.1. The molecule has 0 aliphatic heterocycles. The van der Waals surface area contributed by atoms with Gasteiger partial charge in [0.25, 0.3) is 0 Å². The highest BCUT2D eigenvalue weighted by Crippen LogP contribution is 2.17. The smallest absolute Gasteiger partial charge is 0.422 e. The van der Waals surface area contributed by atoms with Crippen molar-refractivity contribution in [3.8, 4) is 5.88 Å². The Balaban J connectivity index is 0.00000529. The van der Waals surface area contributed by atoms with Crippen molar-refractivity contribution in [2.24, 2.45) is 4.99 Å². The molecular formula is C14H22F3IN4OS. The molecule has 0 fully saturated rings. The van der Waals surface area contributed by atoms with Gasteiger partial charge in [-0.1, -0.05) is 6.07 Å². The predicted molar refractivity (Wildman–Crippen MR) is 102 cm³/mol. The summed E-state index contributed by atoms with van der Waals surface area (Å²) in [6.45, 7) is 2.55. The number of nitrogens with zero attached hydrogens (tertiary/aromatic N) is 2. The molecular weight excluding hydrogens is 456 g/mol. The van der Waals surface area contributed by atoms with E-state index in [1.54, 1.807) is 17.8 Å². The van der Waals surface area contributed by atoms with Gasteiger partial charge in [-0.25, -0.2) is 9.98 Å². The molecule has 0 aromatic carbocycles. The molecule has 0 atom stereocenters. The van der Waals surface area contributed by atoms with Gasteiger partial charge in [0.1, 0.15) is 0 Å². The van der Waals surface area contributed by atoms with Gasteiger partial charge in [-0.3, -0.25) is 0 Å². The van der Waals surface area contributed by atoms with E-state index in [2.05, 4.69) is 25.3 Å². The van der Waals surface area contributed by atoms with Gasteiger partial charge in [0.05, 0.1) is 6.54 Å². The van der Waals surface area contributed by atoms with E-state index in [9.17, 15) is 13.2 Å². The summed E-state index contributed by atoms with van der Waals surface area (Å²) in [6, 6.07) is 3.05. The number of rotatable bonds is 8. The topological polar surface area (TPSA) is 58.5 Å². The Morgan fingerprint density at radius 2 is 2.08 bits per heavy atom. The second-order valence-electron chi connectivity index (χ2n) is 4.52. The van der Waals surface area contributed by atoms with Crippen LogP contribution in [0.3, 0.4) is 0 Å². The number of thioether (sulfide) groups is 1. The molecule has 0 aliphatic rings. The summed E-state index contributed by atoms with van der Waals surface area (Å²) in [5.74, 6) is 1.61. The molecule has 24 heavy (non-hydrogen) atoms. The molecule has 0 radical (unpaired) electrons. The van der Waals surface area contributed by atoms with Crippen molar-refractivity contribution in [1.82, 2.24) is 15.6 Å². The summed E-state index contributed by atoms with van der Waals surface area (Å²) in [6.07, 6.45) is -0.881. The number of ether oxygens (including phenoxy) is 1. The van der Waals surface area contributed by atoms with Crippen LogP contribution in [0.5, 0.6) is 5.88 Å². The fourth-order valence-corrected chi connectivity index (χ4v) is 1.84. The van der Waals surface area contributed by atoms with Crippen molar-refractivity contribution in [3.05, 3.63) is 23.9 Å². The summed E-state index contributed by atoms with van der Waals surface area (Å²) < 4.78 is 40.7. The van der Waals surface area contributed by atoms with E-state index in [0.29, 0.717) is 12.5 Å². The van der Waals surface area contributed by atoms with Crippen molar-refractivity contribution >= 4 is 41.7 Å². The maximum absolute atomic E-state index is 12.0. The standard InChI is InChI=1S/C14H21F3N4OS.HI/c1-3-18-13(19-6-7-23-2)21-9-11-4-5-12(20-8-11)22-10-14(15,16)17;/h4-5,8H,3,6-7,9-10H2,1-2H3,(H2,18,19,21);1H. The number of halogens is 4. The highest BCUT2D eigenvalue weighted by Gasteiger charge is 2.28. The molecule has 1 aromatic heterocycles. The summed E-state index contributed by atoms with van der Waals surface area (Å²) in [7, 11) is 0. The van der Waals surface area contributed by atoms with Crippen LogP contribution in [0.25, 0.3) is 0 Å². The molecule has 2 N–H and O–H groups in total. The lowest BCUT2D eigenvalue weighted by Gasteiger charge is -2.11.